The van der Waals surface area contributed by atoms with Gasteiger partial charge in [-0.05, 0) is 42.5 Å². The van der Waals surface area contributed by atoms with E-state index in [0.717, 1.165) is 41.5 Å². The lowest BCUT2D eigenvalue weighted by molar-refractivity contribution is -0.122. The van der Waals surface area contributed by atoms with Crippen LogP contribution in [-0.4, -0.2) is 21.5 Å². The van der Waals surface area contributed by atoms with Crippen molar-refractivity contribution >= 4 is 21.8 Å². The minimum atomic E-state index is -0.439. The van der Waals surface area contributed by atoms with Crippen LogP contribution in [0.15, 0.2) is 65.4 Å². The molecule has 1 aromatic heterocycles. The molecule has 1 unspecified atom stereocenters. The van der Waals surface area contributed by atoms with Gasteiger partial charge in [-0.25, -0.2) is 4.98 Å². The van der Waals surface area contributed by atoms with Gasteiger partial charge in [-0.15, -0.1) is 0 Å². The molecule has 0 radical (unpaired) electrons. The maximum absolute atomic E-state index is 13.0. The van der Waals surface area contributed by atoms with E-state index in [9.17, 15) is 4.79 Å². The number of benzene rings is 2. The minimum absolute atomic E-state index is 0.134. The molecule has 1 atom stereocenters. The largest absolute Gasteiger partial charge is 0.353 e. The third kappa shape index (κ3) is 4.08. The van der Waals surface area contributed by atoms with Crippen molar-refractivity contribution in [1.82, 2.24) is 14.9 Å². The Balaban J connectivity index is 1.69. The molecule has 2 heterocycles. The lowest BCUT2D eigenvalue weighted by Crippen LogP contribution is -2.38. The summed E-state index contributed by atoms with van der Waals surface area (Å²) in [6, 6.07) is 17.2. The van der Waals surface area contributed by atoms with Gasteiger partial charge in [0.25, 0.3) is 0 Å². The first kappa shape index (κ1) is 21.8. The van der Waals surface area contributed by atoms with Gasteiger partial charge in [-0.3, -0.25) is 4.79 Å². The lowest BCUT2D eigenvalue weighted by atomic mass is 9.79. The Labute approximate surface area is 193 Å². The Morgan fingerprint density at radius 1 is 1.10 bits per heavy atom. The number of amides is 1. The maximum Gasteiger partial charge on any atom is 0.220 e. The molecule has 3 aromatic rings. The molecule has 31 heavy (non-hydrogen) atoms. The van der Waals surface area contributed by atoms with Gasteiger partial charge in [0.2, 0.25) is 5.91 Å². The van der Waals surface area contributed by atoms with Gasteiger partial charge < -0.3 is 9.88 Å². The Hall–Kier alpha value is -2.40. The molecule has 1 aliphatic heterocycles. The molecule has 1 N–H and O–H groups in total. The summed E-state index contributed by atoms with van der Waals surface area (Å²) in [5, 5.41) is 3.29. The first-order valence-corrected chi connectivity index (χ1v) is 12.1. The van der Waals surface area contributed by atoms with E-state index >= 15 is 0 Å². The highest BCUT2D eigenvalue weighted by molar-refractivity contribution is 9.10. The number of nitrogens with one attached hydrogen (secondary N) is 1. The van der Waals surface area contributed by atoms with Crippen molar-refractivity contribution in [1.29, 1.82) is 0 Å². The molecule has 0 fully saturated rings. The van der Waals surface area contributed by atoms with E-state index in [4.69, 9.17) is 0 Å². The van der Waals surface area contributed by atoms with Crippen molar-refractivity contribution in [2.45, 2.75) is 64.0 Å². The number of hydrogen-bond acceptors (Lipinski definition) is 2. The number of aromatic nitrogens is 2. The summed E-state index contributed by atoms with van der Waals surface area (Å²) in [4.78, 5) is 17.7. The number of fused-ring (bicyclic) bond motifs is 3. The summed E-state index contributed by atoms with van der Waals surface area (Å²) in [5.41, 5.74) is 3.09. The van der Waals surface area contributed by atoms with Gasteiger partial charge in [0, 0.05) is 34.9 Å². The second-order valence-electron chi connectivity index (χ2n) is 8.38. The van der Waals surface area contributed by atoms with Crippen molar-refractivity contribution in [3.8, 4) is 11.4 Å². The van der Waals surface area contributed by atoms with Crippen LogP contribution in [0.3, 0.4) is 0 Å². The molecule has 0 saturated carbocycles. The highest BCUT2D eigenvalue weighted by atomic mass is 79.9. The predicted molar refractivity (Wildman–Crippen MR) is 129 cm³/mol. The average Bonchev–Trinajstić information content (AvgIpc) is 3.35. The molecule has 1 aliphatic rings. The normalized spacial score (nSPS) is 16.9. The van der Waals surface area contributed by atoms with Gasteiger partial charge in [0.05, 0.1) is 5.54 Å². The number of imidazole rings is 1. The number of nitrogens with zero attached hydrogens (tertiary/aromatic N) is 2. The van der Waals surface area contributed by atoms with Crippen LogP contribution in [0.1, 0.15) is 63.5 Å². The SMILES string of the molecule is CCCC(CCC)NC(=O)CCC1(c2ccc(Br)cc2)c2ccccc2-c2nccn21. The van der Waals surface area contributed by atoms with E-state index in [2.05, 4.69) is 93.2 Å². The summed E-state index contributed by atoms with van der Waals surface area (Å²) >= 11 is 3.56. The zero-order valence-electron chi connectivity index (χ0n) is 18.3. The lowest BCUT2D eigenvalue weighted by Gasteiger charge is -2.34. The fourth-order valence-electron chi connectivity index (χ4n) is 4.98. The number of hydrogen-bond donors (Lipinski definition) is 1. The Morgan fingerprint density at radius 2 is 1.81 bits per heavy atom. The summed E-state index contributed by atoms with van der Waals surface area (Å²) in [6.07, 6.45) is 9.29. The van der Waals surface area contributed by atoms with Gasteiger partial charge in [0.1, 0.15) is 5.82 Å². The van der Waals surface area contributed by atoms with Crippen LogP contribution in [0.4, 0.5) is 0 Å². The van der Waals surface area contributed by atoms with E-state index in [0.29, 0.717) is 12.8 Å². The Bertz CT molecular complexity index is 1040. The molecule has 0 saturated heterocycles. The molecule has 0 spiro atoms. The van der Waals surface area contributed by atoms with E-state index < -0.39 is 5.54 Å². The topological polar surface area (TPSA) is 46.9 Å². The van der Waals surface area contributed by atoms with Gasteiger partial charge >= 0.3 is 0 Å². The molecule has 0 aliphatic carbocycles. The summed E-state index contributed by atoms with van der Waals surface area (Å²) in [7, 11) is 0. The van der Waals surface area contributed by atoms with Crippen LogP contribution in [0.25, 0.3) is 11.4 Å². The summed E-state index contributed by atoms with van der Waals surface area (Å²) < 4.78 is 3.30. The number of rotatable bonds is 9. The van der Waals surface area contributed by atoms with Gasteiger partial charge in [-0.1, -0.05) is 79.0 Å². The number of carbonyl (C=O) groups is 1. The highest BCUT2D eigenvalue weighted by Crippen LogP contribution is 2.49. The fraction of sp³-hybridized carbons (Fsp3) is 0.385. The second-order valence-corrected chi connectivity index (χ2v) is 9.29. The third-order valence-corrected chi connectivity index (χ3v) is 6.87. The Kier molecular flexibility index (Phi) is 6.61. The van der Waals surface area contributed by atoms with E-state index in [1.54, 1.807) is 0 Å². The molecular weight excluding hydrogens is 450 g/mol. The molecule has 2 aromatic carbocycles. The van der Waals surface area contributed by atoms with Crippen molar-refractivity contribution in [3.05, 3.63) is 76.5 Å². The smallest absolute Gasteiger partial charge is 0.220 e. The van der Waals surface area contributed by atoms with Gasteiger partial charge in [-0.2, -0.15) is 0 Å². The van der Waals surface area contributed by atoms with Crippen LogP contribution in [-0.2, 0) is 10.3 Å². The molecule has 4 nitrogen and oxygen atoms in total. The third-order valence-electron chi connectivity index (χ3n) is 6.34. The van der Waals surface area contributed by atoms with E-state index in [1.165, 1.54) is 11.1 Å². The molecular formula is C26H30BrN3O. The highest BCUT2D eigenvalue weighted by Gasteiger charge is 2.44. The predicted octanol–water partition coefficient (Wildman–Crippen LogP) is 6.28. The van der Waals surface area contributed by atoms with Crippen LogP contribution in [0, 0.1) is 0 Å². The number of halogens is 1. The molecule has 0 bridgehead atoms. The average molecular weight is 480 g/mol. The quantitative estimate of drug-likeness (QED) is 0.392. The monoisotopic (exact) mass is 479 g/mol. The fourth-order valence-corrected chi connectivity index (χ4v) is 5.24. The van der Waals surface area contributed by atoms with Crippen LogP contribution in [0.5, 0.6) is 0 Å². The standard InChI is InChI=1S/C26H30BrN3O/c1-3-7-21(8-4-2)29-24(31)15-16-26(19-11-13-20(27)14-12-19)23-10-6-5-9-22(23)25-28-17-18-30(25)26/h5-6,9-14,17-18,21H,3-4,7-8,15-16H2,1-2H3,(H,29,31). The van der Waals surface area contributed by atoms with Crippen molar-refractivity contribution in [2.75, 3.05) is 0 Å². The van der Waals surface area contributed by atoms with Crippen LogP contribution >= 0.6 is 15.9 Å². The van der Waals surface area contributed by atoms with Crippen molar-refractivity contribution in [2.24, 2.45) is 0 Å². The maximum atomic E-state index is 13.0. The molecule has 4 rings (SSSR count). The van der Waals surface area contributed by atoms with E-state index in [-0.39, 0.29) is 11.9 Å². The molecule has 1 amide bonds. The Morgan fingerprint density at radius 3 is 2.52 bits per heavy atom. The molecule has 162 valence electrons. The van der Waals surface area contributed by atoms with Gasteiger partial charge in [0.15, 0.2) is 0 Å². The van der Waals surface area contributed by atoms with Crippen molar-refractivity contribution in [3.63, 3.8) is 0 Å². The summed E-state index contributed by atoms with van der Waals surface area (Å²) in [5.74, 6) is 1.10. The minimum Gasteiger partial charge on any atom is -0.353 e. The first-order chi connectivity index (χ1) is 15.1. The summed E-state index contributed by atoms with van der Waals surface area (Å²) in [6.45, 7) is 4.35. The van der Waals surface area contributed by atoms with E-state index in [1.807, 2.05) is 12.4 Å². The zero-order valence-corrected chi connectivity index (χ0v) is 19.9. The zero-order chi connectivity index (χ0) is 21.8. The number of carbonyl (C=O) groups excluding carboxylic acids is 1. The second kappa shape index (κ2) is 9.39. The van der Waals surface area contributed by atoms with Crippen molar-refractivity contribution < 1.29 is 4.79 Å². The van der Waals surface area contributed by atoms with Crippen LogP contribution in [0.2, 0.25) is 0 Å². The first-order valence-electron chi connectivity index (χ1n) is 11.3. The molecule has 5 heteroatoms. The van der Waals surface area contributed by atoms with Crippen LogP contribution < -0.4 is 5.32 Å².